The molecule has 0 fully saturated rings. The number of fused-ring (bicyclic) bond motifs is 1. The van der Waals surface area contributed by atoms with Gasteiger partial charge in [-0.05, 0) is 38.5 Å². The standard InChI is InChI=1S/C21H28N4O4.HI/c1-3-22-21(24-10-4-9-23-20(26)19-15(2)8-13-29-19)25-16-6-7-17-18(14-16)28-12-5-11-27-17;/h6-8,13-14H,3-5,9-12H2,1-2H3,(H,23,26)(H2,22,24,25);1H. The van der Waals surface area contributed by atoms with Crippen LogP contribution in [-0.4, -0.2) is 44.7 Å². The number of aryl methyl sites for hydroxylation is 1. The van der Waals surface area contributed by atoms with Crippen LogP contribution in [0.2, 0.25) is 0 Å². The van der Waals surface area contributed by atoms with Crippen LogP contribution in [0.1, 0.15) is 35.9 Å². The van der Waals surface area contributed by atoms with E-state index in [0.29, 0.717) is 44.4 Å². The van der Waals surface area contributed by atoms with Crippen LogP contribution in [0.4, 0.5) is 5.69 Å². The molecule has 0 spiro atoms. The fourth-order valence-corrected chi connectivity index (χ4v) is 2.84. The lowest BCUT2D eigenvalue weighted by molar-refractivity contribution is 0.0925. The molecule has 1 aliphatic heterocycles. The highest BCUT2D eigenvalue weighted by Crippen LogP contribution is 2.32. The third-order valence-corrected chi connectivity index (χ3v) is 4.31. The van der Waals surface area contributed by atoms with Gasteiger partial charge in [0.05, 0.1) is 19.5 Å². The van der Waals surface area contributed by atoms with Gasteiger partial charge >= 0.3 is 0 Å². The van der Waals surface area contributed by atoms with Gasteiger partial charge in [-0.15, -0.1) is 24.0 Å². The number of nitrogens with zero attached hydrogens (tertiary/aromatic N) is 1. The molecule has 1 amide bonds. The van der Waals surface area contributed by atoms with Crippen molar-refractivity contribution in [2.24, 2.45) is 4.99 Å². The van der Waals surface area contributed by atoms with E-state index >= 15 is 0 Å². The highest BCUT2D eigenvalue weighted by Gasteiger charge is 2.12. The van der Waals surface area contributed by atoms with E-state index in [1.807, 2.05) is 32.0 Å². The van der Waals surface area contributed by atoms with Crippen LogP contribution in [0.3, 0.4) is 0 Å². The minimum absolute atomic E-state index is 0. The summed E-state index contributed by atoms with van der Waals surface area (Å²) in [6.07, 6.45) is 3.10. The summed E-state index contributed by atoms with van der Waals surface area (Å²) in [5.41, 5.74) is 1.70. The minimum atomic E-state index is -0.200. The molecule has 9 heteroatoms. The second-order valence-corrected chi connectivity index (χ2v) is 6.64. The highest BCUT2D eigenvalue weighted by molar-refractivity contribution is 14.0. The summed E-state index contributed by atoms with van der Waals surface area (Å²) in [7, 11) is 0. The lowest BCUT2D eigenvalue weighted by atomic mass is 10.2. The maximum absolute atomic E-state index is 12.0. The average molecular weight is 528 g/mol. The number of anilines is 1. The fraction of sp³-hybridized carbons (Fsp3) is 0.429. The van der Waals surface area contributed by atoms with E-state index in [0.717, 1.165) is 35.7 Å². The van der Waals surface area contributed by atoms with Crippen LogP contribution in [0.15, 0.2) is 39.9 Å². The third kappa shape index (κ3) is 6.82. The van der Waals surface area contributed by atoms with Crippen LogP contribution < -0.4 is 25.4 Å². The molecule has 1 aromatic heterocycles. The van der Waals surface area contributed by atoms with Gasteiger partial charge in [-0.2, -0.15) is 0 Å². The molecule has 0 radical (unpaired) electrons. The molecule has 0 unspecified atom stereocenters. The summed E-state index contributed by atoms with van der Waals surface area (Å²) in [4.78, 5) is 16.6. The molecular formula is C21H29IN4O4. The lowest BCUT2D eigenvalue weighted by Crippen LogP contribution is -2.31. The number of aliphatic imine (C=N–C) groups is 1. The van der Waals surface area contributed by atoms with E-state index in [2.05, 4.69) is 20.9 Å². The molecule has 8 nitrogen and oxygen atoms in total. The second-order valence-electron chi connectivity index (χ2n) is 6.64. The first-order chi connectivity index (χ1) is 14.2. The van der Waals surface area contributed by atoms with Crippen molar-refractivity contribution >= 4 is 41.5 Å². The number of ether oxygens (including phenoxy) is 2. The molecule has 3 rings (SSSR count). The van der Waals surface area contributed by atoms with Crippen molar-refractivity contribution in [3.8, 4) is 11.5 Å². The minimum Gasteiger partial charge on any atom is -0.490 e. The maximum atomic E-state index is 12.0. The number of hydrogen-bond acceptors (Lipinski definition) is 5. The van der Waals surface area contributed by atoms with Gasteiger partial charge in [0.2, 0.25) is 0 Å². The Bertz CT molecular complexity index is 853. The number of hydrogen-bond donors (Lipinski definition) is 3. The largest absolute Gasteiger partial charge is 0.490 e. The van der Waals surface area contributed by atoms with Gasteiger partial charge in [0, 0.05) is 43.4 Å². The molecule has 2 heterocycles. The van der Waals surface area contributed by atoms with E-state index < -0.39 is 0 Å². The topological polar surface area (TPSA) is 97.1 Å². The number of carbonyl (C=O) groups is 1. The number of amides is 1. The summed E-state index contributed by atoms with van der Waals surface area (Å²) in [6, 6.07) is 7.53. The predicted octanol–water partition coefficient (Wildman–Crippen LogP) is 3.56. The Morgan fingerprint density at radius 1 is 1.13 bits per heavy atom. The zero-order valence-corrected chi connectivity index (χ0v) is 19.7. The SMILES string of the molecule is CCNC(=NCCCNC(=O)c1occc1C)Nc1ccc2c(c1)OCCCO2.I. The van der Waals surface area contributed by atoms with Crippen molar-refractivity contribution in [3.63, 3.8) is 0 Å². The van der Waals surface area contributed by atoms with Gasteiger partial charge in [-0.1, -0.05) is 0 Å². The number of nitrogens with one attached hydrogen (secondary N) is 3. The third-order valence-electron chi connectivity index (χ3n) is 4.31. The molecule has 3 N–H and O–H groups in total. The zero-order chi connectivity index (χ0) is 20.5. The van der Waals surface area contributed by atoms with Gasteiger partial charge in [0.25, 0.3) is 5.91 Å². The number of furan rings is 1. The van der Waals surface area contributed by atoms with Crippen molar-refractivity contribution in [2.45, 2.75) is 26.7 Å². The van der Waals surface area contributed by atoms with Crippen LogP contribution in [0, 0.1) is 6.92 Å². The van der Waals surface area contributed by atoms with Crippen LogP contribution >= 0.6 is 24.0 Å². The Hall–Kier alpha value is -2.43. The van der Waals surface area contributed by atoms with Crippen LogP contribution in [0.25, 0.3) is 0 Å². The molecule has 30 heavy (non-hydrogen) atoms. The van der Waals surface area contributed by atoms with Gasteiger partial charge in [0.1, 0.15) is 0 Å². The van der Waals surface area contributed by atoms with Crippen LogP contribution in [-0.2, 0) is 0 Å². The molecule has 0 bridgehead atoms. The zero-order valence-electron chi connectivity index (χ0n) is 17.3. The molecule has 1 aliphatic rings. The maximum Gasteiger partial charge on any atom is 0.287 e. The molecular weight excluding hydrogens is 499 g/mol. The van der Waals surface area contributed by atoms with Crippen molar-refractivity contribution < 1.29 is 18.7 Å². The highest BCUT2D eigenvalue weighted by atomic mass is 127. The molecule has 164 valence electrons. The van der Waals surface area contributed by atoms with E-state index in [1.165, 1.54) is 6.26 Å². The first-order valence-electron chi connectivity index (χ1n) is 9.94. The molecule has 0 atom stereocenters. The van der Waals surface area contributed by atoms with Gasteiger partial charge in [-0.25, -0.2) is 0 Å². The monoisotopic (exact) mass is 528 g/mol. The van der Waals surface area contributed by atoms with Gasteiger partial charge in [0.15, 0.2) is 23.2 Å². The first-order valence-corrected chi connectivity index (χ1v) is 9.94. The average Bonchev–Trinajstić information content (AvgIpc) is 3.01. The summed E-state index contributed by atoms with van der Waals surface area (Å²) < 4.78 is 16.6. The van der Waals surface area contributed by atoms with Crippen LogP contribution in [0.5, 0.6) is 11.5 Å². The number of rotatable bonds is 7. The van der Waals surface area contributed by atoms with Crippen molar-refractivity contribution in [2.75, 3.05) is 38.2 Å². The first kappa shape index (κ1) is 23.8. The second kappa shape index (κ2) is 12.3. The number of guanidine groups is 1. The Morgan fingerprint density at radius 3 is 2.67 bits per heavy atom. The number of carbonyl (C=O) groups excluding carboxylic acids is 1. The summed E-state index contributed by atoms with van der Waals surface area (Å²) >= 11 is 0. The summed E-state index contributed by atoms with van der Waals surface area (Å²) in [5.74, 6) is 2.33. The molecule has 0 saturated carbocycles. The Kier molecular flexibility index (Phi) is 9.78. The summed E-state index contributed by atoms with van der Waals surface area (Å²) in [6.45, 7) is 7.00. The van der Waals surface area contributed by atoms with E-state index in [4.69, 9.17) is 13.9 Å². The van der Waals surface area contributed by atoms with Crippen molar-refractivity contribution in [3.05, 3.63) is 41.9 Å². The Morgan fingerprint density at radius 2 is 1.93 bits per heavy atom. The fourth-order valence-electron chi connectivity index (χ4n) is 2.84. The Labute approximate surface area is 193 Å². The van der Waals surface area contributed by atoms with E-state index in [1.54, 1.807) is 6.07 Å². The van der Waals surface area contributed by atoms with Crippen molar-refractivity contribution in [1.29, 1.82) is 0 Å². The number of halogens is 1. The van der Waals surface area contributed by atoms with Crippen molar-refractivity contribution in [1.82, 2.24) is 10.6 Å². The smallest absolute Gasteiger partial charge is 0.287 e. The molecule has 2 aromatic rings. The van der Waals surface area contributed by atoms with Gasteiger partial charge in [-0.3, -0.25) is 9.79 Å². The normalized spacial score (nSPS) is 13.1. The summed E-state index contributed by atoms with van der Waals surface area (Å²) in [5, 5.41) is 9.35. The molecule has 0 aliphatic carbocycles. The van der Waals surface area contributed by atoms with Gasteiger partial charge < -0.3 is 29.8 Å². The number of benzene rings is 1. The molecule has 0 saturated heterocycles. The predicted molar refractivity (Wildman–Crippen MR) is 127 cm³/mol. The lowest BCUT2D eigenvalue weighted by Gasteiger charge is -2.13. The Balaban J connectivity index is 0.00000320. The van der Waals surface area contributed by atoms with E-state index in [-0.39, 0.29) is 29.9 Å². The quantitative estimate of drug-likeness (QED) is 0.220. The molecule has 1 aromatic carbocycles. The van der Waals surface area contributed by atoms with E-state index in [9.17, 15) is 4.79 Å².